The van der Waals surface area contributed by atoms with Crippen LogP contribution in [0.4, 0.5) is 0 Å². The van der Waals surface area contributed by atoms with Crippen LogP contribution in [0.15, 0.2) is 122 Å². The lowest BCUT2D eigenvalue weighted by molar-refractivity contribution is -0.870. The molecule has 0 aliphatic rings. The van der Waals surface area contributed by atoms with Gasteiger partial charge in [0.05, 0.1) is 27.7 Å². The quantitative estimate of drug-likeness (QED) is 0.0211. The Bertz CT molecular complexity index is 1800. The van der Waals surface area contributed by atoms with E-state index in [2.05, 4.69) is 135 Å². The Morgan fingerprint density at radius 2 is 0.695 bits per heavy atom. The molecule has 2 atom stereocenters. The first-order valence-corrected chi connectivity index (χ1v) is 34.8. The minimum absolute atomic E-state index is 0.0249. The van der Waals surface area contributed by atoms with Crippen LogP contribution in [-0.4, -0.2) is 74.9 Å². The number of ether oxygens (including phenoxy) is 2. The van der Waals surface area contributed by atoms with Crippen LogP contribution in [0.25, 0.3) is 0 Å². The van der Waals surface area contributed by atoms with Crippen LogP contribution in [0.3, 0.4) is 0 Å². The Balaban J connectivity index is 4.08. The molecule has 0 aliphatic carbocycles. The molecule has 0 saturated carbocycles. The highest BCUT2D eigenvalue weighted by molar-refractivity contribution is 7.47. The van der Waals surface area contributed by atoms with Crippen molar-refractivity contribution in [3.8, 4) is 0 Å². The molecule has 0 aliphatic heterocycles. The van der Waals surface area contributed by atoms with E-state index in [-0.39, 0.29) is 32.0 Å². The Hall–Kier alpha value is -3.59. The number of unbranched alkanes of at least 4 members (excludes halogenated alkanes) is 26. The smallest absolute Gasteiger partial charge is 0.462 e. The third kappa shape index (κ3) is 65.6. The molecule has 1 N–H and O–H groups in total. The summed E-state index contributed by atoms with van der Waals surface area (Å²) < 4.78 is 34.6. The number of rotatable bonds is 60. The van der Waals surface area contributed by atoms with Gasteiger partial charge in [-0.05, 0) is 109 Å². The Labute approximate surface area is 505 Å². The van der Waals surface area contributed by atoms with E-state index in [0.717, 1.165) is 109 Å². The van der Waals surface area contributed by atoms with E-state index >= 15 is 0 Å². The van der Waals surface area contributed by atoms with E-state index in [4.69, 9.17) is 18.5 Å². The average Bonchev–Trinajstić information content (AvgIpc) is 3.46. The average molecular weight is 1160 g/mol. The van der Waals surface area contributed by atoms with Crippen LogP contribution in [0.2, 0.25) is 0 Å². The first-order valence-electron chi connectivity index (χ1n) is 33.3. The van der Waals surface area contributed by atoms with Crippen LogP contribution in [0, 0.1) is 0 Å². The summed E-state index contributed by atoms with van der Waals surface area (Å²) in [6.07, 6.45) is 88.6. The second-order valence-corrected chi connectivity index (χ2v) is 24.6. The zero-order valence-corrected chi connectivity index (χ0v) is 54.3. The lowest BCUT2D eigenvalue weighted by Crippen LogP contribution is -2.37. The number of quaternary nitrogens is 1. The number of nitrogens with zero attached hydrogens (tertiary/aromatic N) is 1. The van der Waals surface area contributed by atoms with Crippen molar-refractivity contribution in [2.24, 2.45) is 0 Å². The van der Waals surface area contributed by atoms with E-state index in [1.165, 1.54) is 128 Å². The van der Waals surface area contributed by atoms with Crippen molar-refractivity contribution >= 4 is 19.8 Å². The molecule has 0 amide bonds. The third-order valence-corrected chi connectivity index (χ3v) is 15.0. The minimum atomic E-state index is -4.40. The third-order valence-electron chi connectivity index (χ3n) is 14.0. The lowest BCUT2D eigenvalue weighted by Gasteiger charge is -2.24. The summed E-state index contributed by atoms with van der Waals surface area (Å²) in [5.41, 5.74) is 0. The molecule has 2 unspecified atom stereocenters. The minimum Gasteiger partial charge on any atom is -0.462 e. The number of carbonyl (C=O) groups excluding carboxylic acids is 2. The van der Waals surface area contributed by atoms with Crippen molar-refractivity contribution in [1.82, 2.24) is 0 Å². The molecular weight excluding hydrogens is 1040 g/mol. The number of phosphoric ester groups is 1. The topological polar surface area (TPSA) is 108 Å². The van der Waals surface area contributed by atoms with Crippen LogP contribution in [0.1, 0.15) is 271 Å². The summed E-state index contributed by atoms with van der Waals surface area (Å²) in [7, 11) is 1.46. The summed E-state index contributed by atoms with van der Waals surface area (Å²) in [6, 6.07) is 0. The van der Waals surface area contributed by atoms with Gasteiger partial charge in [0.1, 0.15) is 19.8 Å². The number of esters is 2. The zero-order valence-electron chi connectivity index (χ0n) is 53.4. The highest BCUT2D eigenvalue weighted by Crippen LogP contribution is 2.43. The molecule has 0 aromatic carbocycles. The van der Waals surface area contributed by atoms with Crippen molar-refractivity contribution in [3.05, 3.63) is 122 Å². The van der Waals surface area contributed by atoms with Crippen LogP contribution < -0.4 is 0 Å². The summed E-state index contributed by atoms with van der Waals surface area (Å²) >= 11 is 0. The number of hydrogen-bond donors (Lipinski definition) is 1. The van der Waals surface area contributed by atoms with Crippen molar-refractivity contribution < 1.29 is 42.1 Å². The van der Waals surface area contributed by atoms with Gasteiger partial charge in [0.15, 0.2) is 6.10 Å². The Kier molecular flexibility index (Phi) is 59.2. The van der Waals surface area contributed by atoms with Crippen LogP contribution in [0.5, 0.6) is 0 Å². The van der Waals surface area contributed by atoms with E-state index in [1.807, 2.05) is 21.1 Å². The molecular formula is C72H125NO8P+. The Morgan fingerprint density at radius 3 is 1.04 bits per heavy atom. The second kappa shape index (κ2) is 62.0. The first-order chi connectivity index (χ1) is 40.0. The molecule has 0 radical (unpaired) electrons. The van der Waals surface area contributed by atoms with Gasteiger partial charge in [-0.25, -0.2) is 4.57 Å². The van der Waals surface area contributed by atoms with Crippen LogP contribution >= 0.6 is 7.82 Å². The summed E-state index contributed by atoms with van der Waals surface area (Å²) in [5.74, 6) is -0.812. The van der Waals surface area contributed by atoms with Gasteiger partial charge in [-0.1, -0.05) is 270 Å². The summed E-state index contributed by atoms with van der Waals surface area (Å²) in [6.45, 7) is 4.30. The number of phosphoric acid groups is 1. The lowest BCUT2D eigenvalue weighted by atomic mass is 10.0. The predicted octanol–water partition coefficient (Wildman–Crippen LogP) is 21.5. The zero-order chi connectivity index (χ0) is 59.8. The first kappa shape index (κ1) is 78.4. The van der Waals surface area contributed by atoms with E-state index in [0.29, 0.717) is 17.4 Å². The van der Waals surface area contributed by atoms with Crippen molar-refractivity contribution in [2.45, 2.75) is 277 Å². The van der Waals surface area contributed by atoms with E-state index in [1.54, 1.807) is 0 Å². The number of allylic oxidation sites excluding steroid dienone is 20. The van der Waals surface area contributed by atoms with Gasteiger partial charge in [0.25, 0.3) is 0 Å². The van der Waals surface area contributed by atoms with E-state index in [9.17, 15) is 19.0 Å². The molecule has 9 nitrogen and oxygen atoms in total. The number of carbonyl (C=O) groups is 2. The van der Waals surface area contributed by atoms with Crippen molar-refractivity contribution in [2.75, 3.05) is 47.5 Å². The molecule has 10 heteroatoms. The van der Waals surface area contributed by atoms with Crippen LogP contribution in [-0.2, 0) is 32.7 Å². The second-order valence-electron chi connectivity index (χ2n) is 23.1. The predicted molar refractivity (Wildman–Crippen MR) is 353 cm³/mol. The maximum absolute atomic E-state index is 12.9. The molecule has 0 rings (SSSR count). The molecule has 0 spiro atoms. The SMILES string of the molecule is CC/C=C\C/C=C\C/C=C\C/C=C\C/C=C\C/C=C\C/C=C\CCCCCCCCCCCCCCCCCC(=O)OC(COC(=O)CCCCCCCC/C=C\C/C=C\C/C=C\CCCCCCC)COP(=O)(O)OCC[N+](C)(C)C. The van der Waals surface area contributed by atoms with Gasteiger partial charge in [-0.2, -0.15) is 0 Å². The highest BCUT2D eigenvalue weighted by Gasteiger charge is 2.27. The van der Waals surface area contributed by atoms with Gasteiger partial charge in [0.2, 0.25) is 0 Å². The van der Waals surface area contributed by atoms with Gasteiger partial charge in [0, 0.05) is 12.8 Å². The fourth-order valence-corrected chi connectivity index (χ4v) is 9.63. The van der Waals surface area contributed by atoms with Gasteiger partial charge in [-0.15, -0.1) is 0 Å². The van der Waals surface area contributed by atoms with E-state index < -0.39 is 26.5 Å². The fourth-order valence-electron chi connectivity index (χ4n) is 8.89. The Morgan fingerprint density at radius 1 is 0.390 bits per heavy atom. The highest BCUT2D eigenvalue weighted by atomic mass is 31.2. The molecule has 0 bridgehead atoms. The number of hydrogen-bond acceptors (Lipinski definition) is 7. The van der Waals surface area contributed by atoms with Gasteiger partial charge in [-0.3, -0.25) is 18.6 Å². The summed E-state index contributed by atoms with van der Waals surface area (Å²) in [4.78, 5) is 35.8. The molecule has 0 saturated heterocycles. The monoisotopic (exact) mass is 1160 g/mol. The standard InChI is InChI=1S/C72H124NO8P/c1-6-8-10-12-14-16-18-20-22-24-26-28-29-30-31-32-33-34-35-36-37-38-39-40-41-42-43-45-47-49-51-53-55-57-59-61-63-65-72(75)81-70(69-80-82(76,77)79-67-66-73(3,4)5)68-78-71(74)64-62-60-58-56-54-52-50-48-46-44-27-25-23-21-19-17-15-13-11-9-7-2/h8,10,14,16,19-22,25-28,30-31,33-34,36-37,46,48,70H,6-7,9,11-13,15,17-18,23-24,29,32,35,38-45,47,49-69H2,1-5H3/p+1/b10-8-,16-14-,21-19-,22-20-,27-25-,28-26-,31-30-,34-33-,37-36-,48-46-. The molecule has 470 valence electrons. The fraction of sp³-hybridized carbons (Fsp3) is 0.694. The molecule has 0 aromatic rings. The maximum Gasteiger partial charge on any atom is 0.472 e. The molecule has 0 heterocycles. The van der Waals surface area contributed by atoms with Crippen molar-refractivity contribution in [3.63, 3.8) is 0 Å². The van der Waals surface area contributed by atoms with Crippen molar-refractivity contribution in [1.29, 1.82) is 0 Å². The van der Waals surface area contributed by atoms with Gasteiger partial charge < -0.3 is 18.9 Å². The molecule has 0 aromatic heterocycles. The summed E-state index contributed by atoms with van der Waals surface area (Å²) in [5, 5.41) is 0. The number of likely N-dealkylation sites (N-methyl/N-ethyl adjacent to an activating group) is 1. The van der Waals surface area contributed by atoms with Gasteiger partial charge >= 0.3 is 19.8 Å². The normalized spacial score (nSPS) is 14.0. The largest absolute Gasteiger partial charge is 0.472 e. The molecule has 82 heavy (non-hydrogen) atoms. The maximum atomic E-state index is 12.9. The molecule has 0 fully saturated rings.